The first-order valence-electron chi connectivity index (χ1n) is 9.87. The fourth-order valence-corrected chi connectivity index (χ4v) is 7.42. The van der Waals surface area contributed by atoms with E-state index in [4.69, 9.17) is 0 Å². The number of aliphatic hydroxyl groups is 2. The predicted molar refractivity (Wildman–Crippen MR) is 93.3 cm³/mol. The van der Waals surface area contributed by atoms with Gasteiger partial charge in [0.25, 0.3) is 0 Å². The van der Waals surface area contributed by atoms with Gasteiger partial charge in [0.05, 0.1) is 12.2 Å². The SMILES string of the molecule is CC(O)[C@H]1C[C@H](O)[C@H]2[C@@H]3CCC4=CC(=O)CC[C@]4(C)[C@H]3CC[C@@]21C. The summed E-state index contributed by atoms with van der Waals surface area (Å²) in [6, 6.07) is 0. The molecule has 0 aromatic rings. The van der Waals surface area contributed by atoms with Crippen molar-refractivity contribution in [2.75, 3.05) is 0 Å². The van der Waals surface area contributed by atoms with E-state index in [2.05, 4.69) is 13.8 Å². The van der Waals surface area contributed by atoms with Crippen LogP contribution in [0.3, 0.4) is 0 Å². The highest BCUT2D eigenvalue weighted by atomic mass is 16.3. The van der Waals surface area contributed by atoms with Gasteiger partial charge < -0.3 is 10.2 Å². The Hall–Kier alpha value is -0.670. The van der Waals surface area contributed by atoms with Crippen LogP contribution in [-0.4, -0.2) is 28.2 Å². The lowest BCUT2D eigenvalue weighted by Crippen LogP contribution is -2.52. The maximum Gasteiger partial charge on any atom is 0.155 e. The van der Waals surface area contributed by atoms with E-state index in [9.17, 15) is 15.0 Å². The average molecular weight is 332 g/mol. The molecule has 0 spiro atoms. The number of carbonyl (C=O) groups is 1. The Morgan fingerprint density at radius 2 is 1.96 bits per heavy atom. The standard InChI is InChI=1S/C21H32O3/c1-12(22)17-11-18(24)19-15-5-4-13-10-14(23)6-8-20(13,2)16(15)7-9-21(17,19)3/h10,12,15-19,22,24H,4-9,11H2,1-3H3/t12?,15-,16+,17-,18+,19-,20+,21-/m1/s1. The number of carbonyl (C=O) groups excluding carboxylic acids is 1. The van der Waals surface area contributed by atoms with E-state index in [1.165, 1.54) is 12.0 Å². The first-order chi connectivity index (χ1) is 11.3. The zero-order chi connectivity index (χ0) is 17.3. The van der Waals surface area contributed by atoms with Crippen molar-refractivity contribution < 1.29 is 15.0 Å². The Morgan fingerprint density at radius 3 is 2.67 bits per heavy atom. The number of hydrogen-bond acceptors (Lipinski definition) is 3. The van der Waals surface area contributed by atoms with Crippen molar-refractivity contribution in [1.29, 1.82) is 0 Å². The third-order valence-corrected chi connectivity index (χ3v) is 8.60. The molecule has 0 aromatic carbocycles. The van der Waals surface area contributed by atoms with E-state index < -0.39 is 0 Å². The average Bonchev–Trinajstić information content (AvgIpc) is 2.80. The summed E-state index contributed by atoms with van der Waals surface area (Å²) in [5.41, 5.74) is 1.60. The molecule has 4 aliphatic carbocycles. The molecule has 4 rings (SSSR count). The van der Waals surface area contributed by atoms with Crippen LogP contribution in [0.25, 0.3) is 0 Å². The highest BCUT2D eigenvalue weighted by Crippen LogP contribution is 2.66. The maximum atomic E-state index is 11.9. The molecule has 4 aliphatic rings. The van der Waals surface area contributed by atoms with E-state index in [0.29, 0.717) is 30.0 Å². The minimum Gasteiger partial charge on any atom is -0.393 e. The molecule has 0 amide bonds. The lowest BCUT2D eigenvalue weighted by molar-refractivity contribution is -0.119. The van der Waals surface area contributed by atoms with Gasteiger partial charge in [0.1, 0.15) is 0 Å². The van der Waals surface area contributed by atoms with Gasteiger partial charge in [-0.15, -0.1) is 0 Å². The number of fused-ring (bicyclic) bond motifs is 5. The molecule has 2 N–H and O–H groups in total. The van der Waals surface area contributed by atoms with Crippen LogP contribution in [0.4, 0.5) is 0 Å². The Balaban J connectivity index is 1.69. The molecule has 0 bridgehead atoms. The second-order valence-electron chi connectivity index (χ2n) is 9.58. The molecule has 0 aromatic heterocycles. The molecule has 0 radical (unpaired) electrons. The fraction of sp³-hybridized carbons (Fsp3) is 0.857. The molecule has 24 heavy (non-hydrogen) atoms. The summed E-state index contributed by atoms with van der Waals surface area (Å²) in [5, 5.41) is 21.2. The van der Waals surface area contributed by atoms with Crippen molar-refractivity contribution in [3.8, 4) is 0 Å². The van der Waals surface area contributed by atoms with Gasteiger partial charge in [-0.2, -0.15) is 0 Å². The molecule has 3 fully saturated rings. The first-order valence-corrected chi connectivity index (χ1v) is 9.87. The van der Waals surface area contributed by atoms with Crippen molar-refractivity contribution in [1.82, 2.24) is 0 Å². The molecule has 3 saturated carbocycles. The molecule has 1 unspecified atom stereocenters. The summed E-state index contributed by atoms with van der Waals surface area (Å²) in [7, 11) is 0. The van der Waals surface area contributed by atoms with Crippen LogP contribution in [0.5, 0.6) is 0 Å². The molecule has 3 heteroatoms. The molecular weight excluding hydrogens is 300 g/mol. The largest absolute Gasteiger partial charge is 0.393 e. The van der Waals surface area contributed by atoms with Gasteiger partial charge in [-0.3, -0.25) is 4.79 Å². The lowest BCUT2D eigenvalue weighted by atomic mass is 9.46. The molecule has 3 nitrogen and oxygen atoms in total. The Kier molecular flexibility index (Phi) is 3.78. The number of rotatable bonds is 1. The fourth-order valence-electron chi connectivity index (χ4n) is 7.42. The van der Waals surface area contributed by atoms with Gasteiger partial charge in [-0.25, -0.2) is 0 Å². The second kappa shape index (κ2) is 5.41. The normalized spacial score (nSPS) is 52.1. The van der Waals surface area contributed by atoms with Gasteiger partial charge >= 0.3 is 0 Å². The topological polar surface area (TPSA) is 57.5 Å². The summed E-state index contributed by atoms with van der Waals surface area (Å²) in [6.07, 6.45) is 8.14. The Morgan fingerprint density at radius 1 is 1.21 bits per heavy atom. The van der Waals surface area contributed by atoms with Gasteiger partial charge in [-0.1, -0.05) is 19.4 Å². The van der Waals surface area contributed by atoms with E-state index in [1.807, 2.05) is 13.0 Å². The van der Waals surface area contributed by atoms with Crippen molar-refractivity contribution in [2.24, 2.45) is 34.5 Å². The number of ketones is 1. The highest BCUT2D eigenvalue weighted by molar-refractivity contribution is 5.91. The van der Waals surface area contributed by atoms with Crippen LogP contribution < -0.4 is 0 Å². The molecule has 0 heterocycles. The Bertz CT molecular complexity index is 580. The van der Waals surface area contributed by atoms with Crippen molar-refractivity contribution in [3.05, 3.63) is 11.6 Å². The van der Waals surface area contributed by atoms with Crippen molar-refractivity contribution in [3.63, 3.8) is 0 Å². The van der Waals surface area contributed by atoms with Crippen LogP contribution in [0.2, 0.25) is 0 Å². The van der Waals surface area contributed by atoms with Crippen LogP contribution in [0.15, 0.2) is 11.6 Å². The summed E-state index contributed by atoms with van der Waals surface area (Å²) in [5.74, 6) is 1.96. The van der Waals surface area contributed by atoms with Gasteiger partial charge in [0, 0.05) is 6.42 Å². The van der Waals surface area contributed by atoms with E-state index in [-0.39, 0.29) is 29.0 Å². The monoisotopic (exact) mass is 332 g/mol. The summed E-state index contributed by atoms with van der Waals surface area (Å²) < 4.78 is 0. The van der Waals surface area contributed by atoms with Crippen LogP contribution in [0.1, 0.15) is 65.7 Å². The minimum absolute atomic E-state index is 0.0663. The molecular formula is C21H32O3. The van der Waals surface area contributed by atoms with Crippen LogP contribution in [0, 0.1) is 34.5 Å². The molecule has 134 valence electrons. The summed E-state index contributed by atoms with van der Waals surface area (Å²) in [6.45, 7) is 6.59. The smallest absolute Gasteiger partial charge is 0.155 e. The lowest BCUT2D eigenvalue weighted by Gasteiger charge is -2.58. The van der Waals surface area contributed by atoms with Gasteiger partial charge in [0.2, 0.25) is 0 Å². The number of allylic oxidation sites excluding steroid dienone is 1. The third-order valence-electron chi connectivity index (χ3n) is 8.60. The third kappa shape index (κ3) is 2.13. The molecule has 0 saturated heterocycles. The molecule has 0 aliphatic heterocycles. The van der Waals surface area contributed by atoms with Gasteiger partial charge in [-0.05, 0) is 86.0 Å². The highest BCUT2D eigenvalue weighted by Gasteiger charge is 2.62. The Labute approximate surface area is 145 Å². The van der Waals surface area contributed by atoms with Gasteiger partial charge in [0.15, 0.2) is 5.78 Å². The first kappa shape index (κ1) is 16.8. The van der Waals surface area contributed by atoms with Crippen molar-refractivity contribution in [2.45, 2.75) is 77.9 Å². The van der Waals surface area contributed by atoms with Crippen LogP contribution in [-0.2, 0) is 4.79 Å². The zero-order valence-corrected chi connectivity index (χ0v) is 15.3. The predicted octanol–water partition coefficient (Wildman–Crippen LogP) is 3.49. The van der Waals surface area contributed by atoms with E-state index in [0.717, 1.165) is 32.1 Å². The second-order valence-corrected chi connectivity index (χ2v) is 9.58. The summed E-state index contributed by atoms with van der Waals surface area (Å²) >= 11 is 0. The van der Waals surface area contributed by atoms with E-state index in [1.54, 1.807) is 0 Å². The summed E-state index contributed by atoms with van der Waals surface area (Å²) in [4.78, 5) is 11.9. The quantitative estimate of drug-likeness (QED) is 0.773. The van der Waals surface area contributed by atoms with E-state index >= 15 is 0 Å². The maximum absolute atomic E-state index is 11.9. The molecule has 8 atom stereocenters. The number of hydrogen-bond donors (Lipinski definition) is 2. The van der Waals surface area contributed by atoms with Crippen LogP contribution >= 0.6 is 0 Å². The zero-order valence-electron chi connectivity index (χ0n) is 15.3. The number of aliphatic hydroxyl groups excluding tert-OH is 2. The minimum atomic E-state index is -0.340. The van der Waals surface area contributed by atoms with Crippen molar-refractivity contribution >= 4 is 5.78 Å².